The molecule has 0 amide bonds. The van der Waals surface area contributed by atoms with Crippen LogP contribution in [0.4, 0.5) is 10.1 Å². The fourth-order valence-corrected chi connectivity index (χ4v) is 2.63. The lowest BCUT2D eigenvalue weighted by atomic mass is 10.3. The monoisotopic (exact) mass is 345 g/mol. The van der Waals surface area contributed by atoms with Crippen molar-refractivity contribution in [3.63, 3.8) is 0 Å². The van der Waals surface area contributed by atoms with Crippen LogP contribution in [0.25, 0.3) is 0 Å². The second kappa shape index (κ2) is 5.05. The zero-order valence-corrected chi connectivity index (χ0v) is 11.3. The molecule has 16 heavy (non-hydrogen) atoms. The number of benzene rings is 2. The normalized spacial score (nSPS) is 10.4. The van der Waals surface area contributed by atoms with E-state index in [1.807, 2.05) is 52.9 Å². The van der Waals surface area contributed by atoms with Gasteiger partial charge in [-0.05, 0) is 46.9 Å². The lowest BCUT2D eigenvalue weighted by Gasteiger charge is -2.06. The van der Waals surface area contributed by atoms with Gasteiger partial charge in [-0.3, -0.25) is 0 Å². The molecule has 0 aliphatic rings. The van der Waals surface area contributed by atoms with Crippen molar-refractivity contribution < 1.29 is 4.39 Å². The smallest absolute Gasteiger partial charge is 0.137 e. The third-order valence-electron chi connectivity index (χ3n) is 2.02. The lowest BCUT2D eigenvalue weighted by Crippen LogP contribution is -1.92. The number of rotatable bonds is 2. The first kappa shape index (κ1) is 11.7. The maximum absolute atomic E-state index is 13.4. The third kappa shape index (κ3) is 2.68. The average Bonchev–Trinajstić information content (AvgIpc) is 2.27. The molecule has 2 aromatic rings. The number of anilines is 1. The van der Waals surface area contributed by atoms with Gasteiger partial charge in [0.1, 0.15) is 5.82 Å². The third-order valence-corrected chi connectivity index (χ3v) is 3.93. The Hall–Kier alpha value is -0.750. The number of hydrogen-bond donors (Lipinski definition) is 1. The van der Waals surface area contributed by atoms with E-state index >= 15 is 0 Å². The molecule has 0 aromatic heterocycles. The highest BCUT2D eigenvalue weighted by Crippen LogP contribution is 2.33. The van der Waals surface area contributed by atoms with E-state index in [2.05, 4.69) is 0 Å². The summed E-state index contributed by atoms with van der Waals surface area (Å²) < 4.78 is 13.9. The zero-order valence-electron chi connectivity index (χ0n) is 8.28. The molecule has 2 N–H and O–H groups in total. The molecule has 0 heterocycles. The van der Waals surface area contributed by atoms with Crippen molar-refractivity contribution in [1.82, 2.24) is 0 Å². The average molecular weight is 345 g/mol. The number of nitrogens with two attached hydrogens (primary N) is 1. The summed E-state index contributed by atoms with van der Waals surface area (Å²) in [5.74, 6) is -0.228. The summed E-state index contributed by atoms with van der Waals surface area (Å²) in [6.07, 6.45) is 0. The molecule has 0 bridgehead atoms. The molecule has 0 atom stereocenters. The van der Waals surface area contributed by atoms with Crippen molar-refractivity contribution in [3.05, 3.63) is 51.9 Å². The van der Waals surface area contributed by atoms with Crippen molar-refractivity contribution in [3.8, 4) is 0 Å². The van der Waals surface area contributed by atoms with Gasteiger partial charge < -0.3 is 5.73 Å². The van der Waals surface area contributed by atoms with Crippen LogP contribution >= 0.6 is 34.4 Å². The quantitative estimate of drug-likeness (QED) is 0.653. The van der Waals surface area contributed by atoms with E-state index < -0.39 is 0 Å². The molecule has 4 heteroatoms. The Kier molecular flexibility index (Phi) is 3.70. The molecule has 1 nitrogen and oxygen atoms in total. The summed E-state index contributed by atoms with van der Waals surface area (Å²) in [6, 6.07) is 12.9. The molecule has 2 aromatic carbocycles. The van der Waals surface area contributed by atoms with Gasteiger partial charge in [0.2, 0.25) is 0 Å². The van der Waals surface area contributed by atoms with Crippen LogP contribution in [0.1, 0.15) is 0 Å². The summed E-state index contributed by atoms with van der Waals surface area (Å²) in [4.78, 5) is 1.80. The van der Waals surface area contributed by atoms with Crippen LogP contribution < -0.4 is 5.73 Å². The Morgan fingerprint density at radius 2 is 1.81 bits per heavy atom. The van der Waals surface area contributed by atoms with Gasteiger partial charge in [0.25, 0.3) is 0 Å². The van der Waals surface area contributed by atoms with Gasteiger partial charge in [0, 0.05) is 15.5 Å². The molecule has 0 unspecified atom stereocenters. The summed E-state index contributed by atoms with van der Waals surface area (Å²) in [5, 5.41) is 0. The van der Waals surface area contributed by atoms with E-state index in [1.54, 1.807) is 6.07 Å². The largest absolute Gasteiger partial charge is 0.398 e. The maximum Gasteiger partial charge on any atom is 0.137 e. The van der Waals surface area contributed by atoms with Gasteiger partial charge in [-0.25, -0.2) is 4.39 Å². The molecule has 82 valence electrons. The topological polar surface area (TPSA) is 26.0 Å². The van der Waals surface area contributed by atoms with Crippen LogP contribution in [0.5, 0.6) is 0 Å². The van der Waals surface area contributed by atoms with E-state index in [0.29, 0.717) is 9.26 Å². The summed E-state index contributed by atoms with van der Waals surface area (Å²) in [5.41, 5.74) is 6.46. The van der Waals surface area contributed by atoms with Crippen molar-refractivity contribution in [2.45, 2.75) is 9.79 Å². The summed E-state index contributed by atoms with van der Waals surface area (Å²) in [6.45, 7) is 0. The Balaban J connectivity index is 2.32. The first-order valence-corrected chi connectivity index (χ1v) is 6.54. The minimum absolute atomic E-state index is 0.228. The van der Waals surface area contributed by atoms with Gasteiger partial charge in [-0.1, -0.05) is 30.0 Å². The van der Waals surface area contributed by atoms with Gasteiger partial charge in [-0.2, -0.15) is 0 Å². The second-order valence-electron chi connectivity index (χ2n) is 3.22. The van der Waals surface area contributed by atoms with E-state index in [-0.39, 0.29) is 5.82 Å². The maximum atomic E-state index is 13.4. The molecule has 0 radical (unpaired) electrons. The lowest BCUT2D eigenvalue weighted by molar-refractivity contribution is 0.617. The van der Waals surface area contributed by atoms with Crippen molar-refractivity contribution >= 4 is 40.0 Å². The predicted octanol–water partition coefficient (Wildman–Crippen LogP) is 4.16. The number of halogens is 2. The number of nitrogen functional groups attached to an aromatic ring is 1. The van der Waals surface area contributed by atoms with Crippen LogP contribution in [0.15, 0.2) is 52.3 Å². The van der Waals surface area contributed by atoms with Crippen molar-refractivity contribution in [1.29, 1.82) is 0 Å². The standard InChI is InChI=1S/C12H9FINS/c13-9-6-12(11(15)7-10(9)14)16-8-4-2-1-3-5-8/h1-7H,15H2. The van der Waals surface area contributed by atoms with Gasteiger partial charge >= 0.3 is 0 Å². The molecule has 0 fully saturated rings. The highest BCUT2D eigenvalue weighted by molar-refractivity contribution is 14.1. The predicted molar refractivity (Wildman–Crippen MR) is 74.1 cm³/mol. The molecular weight excluding hydrogens is 336 g/mol. The van der Waals surface area contributed by atoms with Crippen molar-refractivity contribution in [2.75, 3.05) is 5.73 Å². The molecule has 0 saturated carbocycles. The van der Waals surface area contributed by atoms with Gasteiger partial charge in [0.15, 0.2) is 0 Å². The molecular formula is C12H9FINS. The molecule has 0 saturated heterocycles. The van der Waals surface area contributed by atoms with Gasteiger partial charge in [-0.15, -0.1) is 0 Å². The summed E-state index contributed by atoms with van der Waals surface area (Å²) >= 11 is 3.40. The Bertz CT molecular complexity index is 502. The fourth-order valence-electron chi connectivity index (χ4n) is 1.25. The fraction of sp³-hybridized carbons (Fsp3) is 0. The highest BCUT2D eigenvalue weighted by Gasteiger charge is 2.07. The Morgan fingerprint density at radius 1 is 1.12 bits per heavy atom. The van der Waals surface area contributed by atoms with E-state index in [9.17, 15) is 4.39 Å². The van der Waals surface area contributed by atoms with Crippen LogP contribution in [-0.2, 0) is 0 Å². The van der Waals surface area contributed by atoms with E-state index in [0.717, 1.165) is 9.79 Å². The minimum Gasteiger partial charge on any atom is -0.398 e. The molecule has 0 aliphatic carbocycles. The Labute approximate surface area is 111 Å². The van der Waals surface area contributed by atoms with E-state index in [4.69, 9.17) is 5.73 Å². The molecule has 0 aliphatic heterocycles. The Morgan fingerprint density at radius 3 is 2.50 bits per heavy atom. The first-order valence-electron chi connectivity index (χ1n) is 4.64. The zero-order chi connectivity index (χ0) is 11.5. The first-order chi connectivity index (χ1) is 7.66. The second-order valence-corrected chi connectivity index (χ2v) is 5.50. The van der Waals surface area contributed by atoms with Crippen LogP contribution in [-0.4, -0.2) is 0 Å². The number of hydrogen-bond acceptors (Lipinski definition) is 2. The molecule has 2 rings (SSSR count). The highest BCUT2D eigenvalue weighted by atomic mass is 127. The van der Waals surface area contributed by atoms with Crippen LogP contribution in [0, 0.1) is 9.39 Å². The van der Waals surface area contributed by atoms with E-state index in [1.165, 1.54) is 17.8 Å². The SMILES string of the molecule is Nc1cc(I)c(F)cc1Sc1ccccc1. The van der Waals surface area contributed by atoms with Crippen LogP contribution in [0.3, 0.4) is 0 Å². The summed E-state index contributed by atoms with van der Waals surface area (Å²) in [7, 11) is 0. The van der Waals surface area contributed by atoms with Gasteiger partial charge in [0.05, 0.1) is 3.57 Å². The van der Waals surface area contributed by atoms with Crippen LogP contribution in [0.2, 0.25) is 0 Å². The minimum atomic E-state index is -0.228. The van der Waals surface area contributed by atoms with Crippen molar-refractivity contribution in [2.24, 2.45) is 0 Å². The molecule has 0 spiro atoms.